The molecule has 0 radical (unpaired) electrons. The molecule has 0 saturated heterocycles. The van der Waals surface area contributed by atoms with Crippen LogP contribution in [-0.4, -0.2) is 25.7 Å². The molecule has 6 heteroatoms. The van der Waals surface area contributed by atoms with Crippen molar-refractivity contribution in [3.05, 3.63) is 35.4 Å². The molecule has 5 nitrogen and oxygen atoms in total. The molecule has 1 rings (SSSR count). The maximum absolute atomic E-state index is 11.7. The number of hydrogen-bond donors (Lipinski definition) is 2. The molecule has 2 N–H and O–H groups in total. The van der Waals surface area contributed by atoms with Gasteiger partial charge in [0.25, 0.3) is 0 Å². The van der Waals surface area contributed by atoms with E-state index in [1.807, 2.05) is 6.07 Å². The van der Waals surface area contributed by atoms with Crippen LogP contribution in [0.25, 0.3) is 0 Å². The molecule has 0 aliphatic rings. The van der Waals surface area contributed by atoms with Crippen LogP contribution in [-0.2, 0) is 15.8 Å². The normalized spacial score (nSPS) is 12.1. The number of nitrogens with zero attached hydrogens (tertiary/aromatic N) is 1. The SMILES string of the molecule is CC(C)(O)CNS(=O)(=O)Cc1cccc(C#N)c1. The smallest absolute Gasteiger partial charge is 0.215 e. The highest BCUT2D eigenvalue weighted by atomic mass is 32.2. The van der Waals surface area contributed by atoms with E-state index in [1.165, 1.54) is 19.9 Å². The fourth-order valence-corrected chi connectivity index (χ4v) is 2.58. The van der Waals surface area contributed by atoms with Crippen LogP contribution in [0.4, 0.5) is 0 Å². The van der Waals surface area contributed by atoms with Crippen molar-refractivity contribution in [1.82, 2.24) is 4.72 Å². The number of sulfonamides is 1. The molecule has 0 aliphatic heterocycles. The molecular weight excluding hydrogens is 252 g/mol. The van der Waals surface area contributed by atoms with Crippen LogP contribution in [0.2, 0.25) is 0 Å². The summed E-state index contributed by atoms with van der Waals surface area (Å²) in [5, 5.41) is 18.2. The molecule has 98 valence electrons. The third-order valence-electron chi connectivity index (χ3n) is 2.14. The van der Waals surface area contributed by atoms with Gasteiger partial charge >= 0.3 is 0 Å². The van der Waals surface area contributed by atoms with Gasteiger partial charge in [-0.05, 0) is 31.5 Å². The molecular formula is C12H16N2O3S. The zero-order valence-electron chi connectivity index (χ0n) is 10.3. The van der Waals surface area contributed by atoms with Crippen molar-refractivity contribution in [3.8, 4) is 6.07 Å². The quantitative estimate of drug-likeness (QED) is 0.824. The van der Waals surface area contributed by atoms with Gasteiger partial charge in [0, 0.05) is 6.54 Å². The van der Waals surface area contributed by atoms with Crippen LogP contribution in [0.5, 0.6) is 0 Å². The van der Waals surface area contributed by atoms with Crippen LogP contribution >= 0.6 is 0 Å². The summed E-state index contributed by atoms with van der Waals surface area (Å²) in [6, 6.07) is 8.38. The van der Waals surface area contributed by atoms with E-state index in [-0.39, 0.29) is 12.3 Å². The Balaban J connectivity index is 2.74. The molecule has 0 amide bonds. The average molecular weight is 268 g/mol. The average Bonchev–Trinajstić information content (AvgIpc) is 2.25. The topological polar surface area (TPSA) is 90.2 Å². The summed E-state index contributed by atoms with van der Waals surface area (Å²) in [6.45, 7) is 2.99. The van der Waals surface area contributed by atoms with Gasteiger partial charge in [-0.1, -0.05) is 12.1 Å². The molecule has 0 bridgehead atoms. The van der Waals surface area contributed by atoms with Crippen molar-refractivity contribution in [2.45, 2.75) is 25.2 Å². The first-order valence-corrected chi connectivity index (χ1v) is 7.06. The number of nitriles is 1. The Morgan fingerprint density at radius 2 is 2.11 bits per heavy atom. The maximum atomic E-state index is 11.7. The van der Waals surface area contributed by atoms with Gasteiger partial charge < -0.3 is 5.11 Å². The van der Waals surface area contributed by atoms with Crippen LogP contribution in [0.3, 0.4) is 0 Å². The molecule has 0 saturated carbocycles. The lowest BCUT2D eigenvalue weighted by atomic mass is 10.1. The molecule has 1 aromatic carbocycles. The van der Waals surface area contributed by atoms with Crippen LogP contribution < -0.4 is 4.72 Å². The van der Waals surface area contributed by atoms with Gasteiger partial charge in [0.15, 0.2) is 0 Å². The Bertz CT molecular complexity index is 553. The molecule has 0 aliphatic carbocycles. The molecule has 0 atom stereocenters. The van der Waals surface area contributed by atoms with E-state index in [9.17, 15) is 13.5 Å². The molecule has 1 aromatic rings. The minimum atomic E-state index is -3.51. The highest BCUT2D eigenvalue weighted by Gasteiger charge is 2.18. The molecule has 18 heavy (non-hydrogen) atoms. The van der Waals surface area contributed by atoms with E-state index in [0.717, 1.165) is 0 Å². The third-order valence-corrected chi connectivity index (χ3v) is 3.43. The third kappa shape index (κ3) is 5.27. The van der Waals surface area contributed by atoms with E-state index in [1.54, 1.807) is 18.2 Å². The fraction of sp³-hybridized carbons (Fsp3) is 0.417. The monoisotopic (exact) mass is 268 g/mol. The Labute approximate surface area is 107 Å². The lowest BCUT2D eigenvalue weighted by Gasteiger charge is -2.17. The van der Waals surface area contributed by atoms with Crippen molar-refractivity contribution in [1.29, 1.82) is 5.26 Å². The first kappa shape index (κ1) is 14.6. The van der Waals surface area contributed by atoms with E-state index in [2.05, 4.69) is 4.72 Å². The maximum Gasteiger partial charge on any atom is 0.215 e. The van der Waals surface area contributed by atoms with Crippen molar-refractivity contribution in [2.24, 2.45) is 0 Å². The first-order chi connectivity index (χ1) is 8.22. The molecule has 0 fully saturated rings. The van der Waals surface area contributed by atoms with Gasteiger partial charge in [0.05, 0.1) is 23.0 Å². The zero-order chi connectivity index (χ0) is 13.8. The number of rotatable bonds is 5. The van der Waals surface area contributed by atoms with Gasteiger partial charge in [-0.15, -0.1) is 0 Å². The molecule has 0 heterocycles. The first-order valence-electron chi connectivity index (χ1n) is 5.41. The Kier molecular flexibility index (Phi) is 4.46. The molecule has 0 unspecified atom stereocenters. The van der Waals surface area contributed by atoms with E-state index < -0.39 is 15.6 Å². The van der Waals surface area contributed by atoms with E-state index in [0.29, 0.717) is 11.1 Å². The highest BCUT2D eigenvalue weighted by molar-refractivity contribution is 7.88. The minimum Gasteiger partial charge on any atom is -0.389 e. The number of aliphatic hydroxyl groups is 1. The largest absolute Gasteiger partial charge is 0.389 e. The Morgan fingerprint density at radius 1 is 1.44 bits per heavy atom. The van der Waals surface area contributed by atoms with Crippen LogP contribution in [0.1, 0.15) is 25.0 Å². The summed E-state index contributed by atoms with van der Waals surface area (Å²) >= 11 is 0. The lowest BCUT2D eigenvalue weighted by Crippen LogP contribution is -2.38. The fourth-order valence-electron chi connectivity index (χ4n) is 1.29. The molecule has 0 spiro atoms. The Morgan fingerprint density at radius 3 is 2.67 bits per heavy atom. The summed E-state index contributed by atoms with van der Waals surface area (Å²) in [4.78, 5) is 0. The predicted octanol–water partition coefficient (Wildman–Crippen LogP) is 0.749. The van der Waals surface area contributed by atoms with E-state index in [4.69, 9.17) is 5.26 Å². The zero-order valence-corrected chi connectivity index (χ0v) is 11.2. The second kappa shape index (κ2) is 5.48. The van der Waals surface area contributed by atoms with E-state index >= 15 is 0 Å². The highest BCUT2D eigenvalue weighted by Crippen LogP contribution is 2.08. The second-order valence-corrected chi connectivity index (χ2v) is 6.51. The van der Waals surface area contributed by atoms with Gasteiger partial charge in [0.2, 0.25) is 10.0 Å². The standard InChI is InChI=1S/C12H16N2O3S/c1-12(2,15)9-14-18(16,17)8-11-5-3-4-10(6-11)7-13/h3-6,14-15H,8-9H2,1-2H3. The number of nitrogens with one attached hydrogen (secondary N) is 1. The number of benzene rings is 1. The summed E-state index contributed by atoms with van der Waals surface area (Å²) in [7, 11) is -3.51. The minimum absolute atomic E-state index is 0.0483. The van der Waals surface area contributed by atoms with Gasteiger partial charge in [-0.25, -0.2) is 13.1 Å². The number of hydrogen-bond acceptors (Lipinski definition) is 4. The Hall–Kier alpha value is -1.42. The lowest BCUT2D eigenvalue weighted by molar-refractivity contribution is 0.0857. The summed E-state index contributed by atoms with van der Waals surface area (Å²) < 4.78 is 25.8. The van der Waals surface area contributed by atoms with Crippen LogP contribution in [0, 0.1) is 11.3 Å². The van der Waals surface area contributed by atoms with Crippen LogP contribution in [0.15, 0.2) is 24.3 Å². The van der Waals surface area contributed by atoms with Crippen molar-refractivity contribution >= 4 is 10.0 Å². The summed E-state index contributed by atoms with van der Waals surface area (Å²) in [6.07, 6.45) is 0. The predicted molar refractivity (Wildman–Crippen MR) is 68.1 cm³/mol. The van der Waals surface area contributed by atoms with Crippen molar-refractivity contribution in [3.63, 3.8) is 0 Å². The van der Waals surface area contributed by atoms with Gasteiger partial charge in [-0.2, -0.15) is 5.26 Å². The van der Waals surface area contributed by atoms with Gasteiger partial charge in [0.1, 0.15) is 0 Å². The van der Waals surface area contributed by atoms with Crippen molar-refractivity contribution in [2.75, 3.05) is 6.54 Å². The van der Waals surface area contributed by atoms with Crippen molar-refractivity contribution < 1.29 is 13.5 Å². The summed E-state index contributed by atoms with van der Waals surface area (Å²) in [5.41, 5.74) is -0.135. The van der Waals surface area contributed by atoms with Gasteiger partial charge in [-0.3, -0.25) is 0 Å². The molecule has 0 aromatic heterocycles. The second-order valence-electron chi connectivity index (χ2n) is 4.70. The summed E-state index contributed by atoms with van der Waals surface area (Å²) in [5.74, 6) is -0.210.